The van der Waals surface area contributed by atoms with Crippen molar-refractivity contribution in [1.29, 1.82) is 0 Å². The normalized spacial score (nSPS) is 14.8. The van der Waals surface area contributed by atoms with Gasteiger partial charge >= 0.3 is 11.9 Å². The summed E-state index contributed by atoms with van der Waals surface area (Å²) in [6.07, 6.45) is 1.36. The summed E-state index contributed by atoms with van der Waals surface area (Å²) >= 11 is 0. The van der Waals surface area contributed by atoms with E-state index in [1.165, 1.54) is 4.90 Å². The number of nitrogens with zero attached hydrogens (tertiary/aromatic N) is 2. The molecule has 6 rings (SSSR count). The van der Waals surface area contributed by atoms with Crippen LogP contribution in [0, 0.1) is 5.92 Å². The molecule has 4 atom stereocenters. The minimum atomic E-state index is -1.97. The Labute approximate surface area is 288 Å². The number of para-hydroxylation sites is 2. The highest BCUT2D eigenvalue weighted by molar-refractivity contribution is 5.90. The van der Waals surface area contributed by atoms with Crippen molar-refractivity contribution in [2.24, 2.45) is 5.92 Å². The van der Waals surface area contributed by atoms with E-state index in [1.807, 2.05) is 97.9 Å². The largest absolute Gasteiger partial charge is 0.481 e. The summed E-state index contributed by atoms with van der Waals surface area (Å²) < 4.78 is 22.2. The Morgan fingerprint density at radius 2 is 1.72 bits per heavy atom. The highest BCUT2D eigenvalue weighted by atomic mass is 16.7. The number of oxazole rings is 1. The molecule has 2 heterocycles. The molecule has 258 valence electrons. The molecule has 1 amide bonds. The standard InChI is InChI=1S/C39H38N2O9/c1-3-47-39(46)30(21-36(42)43)37(44)38(45)41(22-25-15-16-26-9-4-5-10-27(26)19-25)24(2)29(28-17-18-33-34(20-28)49-23-48-33)11-8-14-35-40-31-12-6-7-13-32(31)50-35/h4-10,12-20,24,29-30,37,44H,3,11,21-23H2,1-2H3,(H,42,43)/t24-,29+,30+,37+/m1/s1. The molecule has 4 aromatic carbocycles. The van der Waals surface area contributed by atoms with E-state index in [-0.39, 0.29) is 25.9 Å². The number of allylic oxidation sites excluding steroid dienone is 1. The van der Waals surface area contributed by atoms with Crippen LogP contribution in [-0.4, -0.2) is 63.5 Å². The summed E-state index contributed by atoms with van der Waals surface area (Å²) in [4.78, 5) is 45.0. The van der Waals surface area contributed by atoms with Gasteiger partial charge in [-0.3, -0.25) is 14.4 Å². The number of aromatic nitrogens is 1. The average molecular weight is 679 g/mol. The molecule has 1 aliphatic heterocycles. The SMILES string of the molecule is CCOC(=O)[C@@H](CC(=O)O)[C@H](O)C(=O)N(Cc1ccc2ccccc2c1)[C@H](C)[C@H](CC=Cc1nc2ccccc2o1)c1ccc2c(c1)OCO2. The smallest absolute Gasteiger partial charge is 0.312 e. The molecule has 0 radical (unpaired) electrons. The summed E-state index contributed by atoms with van der Waals surface area (Å²) in [5.74, 6) is -3.47. The number of fused-ring (bicyclic) bond motifs is 3. The molecule has 0 saturated carbocycles. The number of carbonyl (C=O) groups excluding carboxylic acids is 2. The van der Waals surface area contributed by atoms with E-state index in [1.54, 1.807) is 13.0 Å². The fourth-order valence-electron chi connectivity index (χ4n) is 6.31. The van der Waals surface area contributed by atoms with Crippen LogP contribution in [0.4, 0.5) is 0 Å². The lowest BCUT2D eigenvalue weighted by Crippen LogP contribution is -2.50. The van der Waals surface area contributed by atoms with Gasteiger partial charge in [-0.25, -0.2) is 4.98 Å². The highest BCUT2D eigenvalue weighted by Gasteiger charge is 2.40. The molecule has 0 unspecified atom stereocenters. The average Bonchev–Trinajstić information content (AvgIpc) is 3.77. The highest BCUT2D eigenvalue weighted by Crippen LogP contribution is 2.38. The van der Waals surface area contributed by atoms with Crippen molar-refractivity contribution >= 4 is 45.8 Å². The van der Waals surface area contributed by atoms with Crippen LogP contribution in [-0.2, 0) is 25.7 Å². The molecule has 0 fully saturated rings. The van der Waals surface area contributed by atoms with Gasteiger partial charge in [0, 0.05) is 18.5 Å². The maximum absolute atomic E-state index is 14.4. The quantitative estimate of drug-likeness (QED) is 0.128. The Balaban J connectivity index is 1.38. The number of carbonyl (C=O) groups is 3. The van der Waals surface area contributed by atoms with Gasteiger partial charge in [0.25, 0.3) is 5.91 Å². The number of aliphatic hydroxyl groups is 1. The Hall–Kier alpha value is -5.68. The minimum absolute atomic E-state index is 0.0360. The lowest BCUT2D eigenvalue weighted by molar-refractivity contribution is -0.164. The van der Waals surface area contributed by atoms with Gasteiger partial charge in [0.2, 0.25) is 12.7 Å². The number of benzene rings is 4. The van der Waals surface area contributed by atoms with Crippen LogP contribution < -0.4 is 9.47 Å². The van der Waals surface area contributed by atoms with Crippen molar-refractivity contribution in [3.8, 4) is 11.5 Å². The van der Waals surface area contributed by atoms with E-state index in [0.717, 1.165) is 27.4 Å². The van der Waals surface area contributed by atoms with Crippen molar-refractivity contribution in [3.63, 3.8) is 0 Å². The van der Waals surface area contributed by atoms with Gasteiger partial charge in [0.05, 0.1) is 13.0 Å². The zero-order valence-corrected chi connectivity index (χ0v) is 27.7. The third kappa shape index (κ3) is 7.63. The van der Waals surface area contributed by atoms with Crippen LogP contribution in [0.3, 0.4) is 0 Å². The predicted octanol–water partition coefficient (Wildman–Crippen LogP) is 6.33. The molecule has 11 heteroatoms. The molecule has 0 aliphatic carbocycles. The first-order valence-electron chi connectivity index (χ1n) is 16.5. The molecule has 11 nitrogen and oxygen atoms in total. The van der Waals surface area contributed by atoms with E-state index < -0.39 is 42.3 Å². The molecule has 0 spiro atoms. The van der Waals surface area contributed by atoms with Gasteiger partial charge in [-0.2, -0.15) is 0 Å². The van der Waals surface area contributed by atoms with Gasteiger partial charge < -0.3 is 33.7 Å². The molecule has 0 bridgehead atoms. The van der Waals surface area contributed by atoms with Gasteiger partial charge in [-0.15, -0.1) is 0 Å². The van der Waals surface area contributed by atoms with Gasteiger partial charge in [0.15, 0.2) is 17.1 Å². The Bertz CT molecular complexity index is 2000. The number of carboxylic acid groups (broad SMARTS) is 1. The molecule has 0 saturated heterocycles. The van der Waals surface area contributed by atoms with Gasteiger partial charge in [-0.1, -0.05) is 60.7 Å². The van der Waals surface area contributed by atoms with E-state index >= 15 is 0 Å². The number of ether oxygens (including phenoxy) is 3. The van der Waals surface area contributed by atoms with Crippen LogP contribution >= 0.6 is 0 Å². The lowest BCUT2D eigenvalue weighted by Gasteiger charge is -2.37. The van der Waals surface area contributed by atoms with Crippen LogP contribution in [0.2, 0.25) is 0 Å². The first-order chi connectivity index (χ1) is 24.2. The van der Waals surface area contributed by atoms with E-state index in [9.17, 15) is 24.6 Å². The number of hydrogen-bond donors (Lipinski definition) is 2. The predicted molar refractivity (Wildman–Crippen MR) is 185 cm³/mol. The van der Waals surface area contributed by atoms with Crippen LogP contribution in [0.25, 0.3) is 27.9 Å². The van der Waals surface area contributed by atoms with Crippen molar-refractivity contribution in [2.45, 2.75) is 51.3 Å². The fourth-order valence-corrected chi connectivity index (χ4v) is 6.31. The molecule has 2 N–H and O–H groups in total. The second-order valence-corrected chi connectivity index (χ2v) is 12.2. The number of amides is 1. The Kier molecular flexibility index (Phi) is 10.4. The summed E-state index contributed by atoms with van der Waals surface area (Å²) in [7, 11) is 0. The summed E-state index contributed by atoms with van der Waals surface area (Å²) in [6.45, 7) is 3.56. The van der Waals surface area contributed by atoms with E-state index in [2.05, 4.69) is 4.98 Å². The minimum Gasteiger partial charge on any atom is -0.481 e. The number of aliphatic carboxylic acids is 1. The van der Waals surface area contributed by atoms with Crippen molar-refractivity contribution in [3.05, 3.63) is 108 Å². The first-order valence-corrected chi connectivity index (χ1v) is 16.5. The third-order valence-electron chi connectivity index (χ3n) is 8.93. The zero-order chi connectivity index (χ0) is 35.2. The second-order valence-electron chi connectivity index (χ2n) is 12.2. The molecular weight excluding hydrogens is 640 g/mol. The molecule has 50 heavy (non-hydrogen) atoms. The monoisotopic (exact) mass is 678 g/mol. The summed E-state index contributed by atoms with van der Waals surface area (Å²) in [6, 6.07) is 26.1. The fraction of sp³-hybridized carbons (Fsp3) is 0.282. The van der Waals surface area contributed by atoms with Gasteiger partial charge in [-0.05, 0) is 78.6 Å². The Morgan fingerprint density at radius 1 is 0.960 bits per heavy atom. The zero-order valence-electron chi connectivity index (χ0n) is 27.7. The van der Waals surface area contributed by atoms with E-state index in [0.29, 0.717) is 29.4 Å². The van der Waals surface area contributed by atoms with Crippen LogP contribution in [0.5, 0.6) is 11.5 Å². The maximum Gasteiger partial charge on any atom is 0.312 e. The first kappa shape index (κ1) is 34.2. The summed E-state index contributed by atoms with van der Waals surface area (Å²) in [5.41, 5.74) is 3.01. The van der Waals surface area contributed by atoms with Crippen molar-refractivity contribution < 1.29 is 43.2 Å². The lowest BCUT2D eigenvalue weighted by atomic mass is 9.86. The number of hydrogen-bond acceptors (Lipinski definition) is 9. The van der Waals surface area contributed by atoms with E-state index in [4.69, 9.17) is 18.6 Å². The molecule has 1 aromatic heterocycles. The second kappa shape index (κ2) is 15.3. The maximum atomic E-state index is 14.4. The number of aliphatic hydroxyl groups excluding tert-OH is 1. The van der Waals surface area contributed by atoms with Gasteiger partial charge in [0.1, 0.15) is 17.5 Å². The summed E-state index contributed by atoms with van der Waals surface area (Å²) in [5, 5.41) is 23.0. The number of carboxylic acids is 1. The van der Waals surface area contributed by atoms with Crippen molar-refractivity contribution in [1.82, 2.24) is 9.88 Å². The Morgan fingerprint density at radius 3 is 2.50 bits per heavy atom. The molecular formula is C39H38N2O9. The molecule has 1 aliphatic rings. The number of rotatable bonds is 14. The third-order valence-corrected chi connectivity index (χ3v) is 8.93. The van der Waals surface area contributed by atoms with Crippen LogP contribution in [0.1, 0.15) is 49.6 Å². The van der Waals surface area contributed by atoms with Crippen LogP contribution in [0.15, 0.2) is 95.4 Å². The van der Waals surface area contributed by atoms with Crippen molar-refractivity contribution in [2.75, 3.05) is 13.4 Å². The number of esters is 1. The topological polar surface area (TPSA) is 149 Å². The molecule has 5 aromatic rings.